The smallest absolute Gasteiger partial charge is 0.254 e. The Balaban J connectivity index is 1.44. The number of para-hydroxylation sites is 1. The molecule has 2 atom stereocenters. The number of amides is 1. The molecule has 0 aromatic heterocycles. The van der Waals surface area contributed by atoms with Gasteiger partial charge in [0.05, 0.1) is 0 Å². The monoisotopic (exact) mass is 500 g/mol. The lowest BCUT2D eigenvalue weighted by Crippen LogP contribution is -2.45. The van der Waals surface area contributed by atoms with E-state index in [0.29, 0.717) is 30.3 Å². The van der Waals surface area contributed by atoms with Crippen LogP contribution in [-0.2, 0) is 6.54 Å². The molecule has 0 radical (unpaired) electrons. The van der Waals surface area contributed by atoms with Crippen molar-refractivity contribution < 1.29 is 14.3 Å². The van der Waals surface area contributed by atoms with Crippen LogP contribution in [0.5, 0.6) is 5.75 Å². The van der Waals surface area contributed by atoms with Gasteiger partial charge in [-0.1, -0.05) is 61.7 Å². The molecule has 1 heterocycles. The maximum Gasteiger partial charge on any atom is 0.254 e. The Morgan fingerprint density at radius 2 is 1.65 bits per heavy atom. The highest BCUT2D eigenvalue weighted by Gasteiger charge is 2.38. The highest BCUT2D eigenvalue weighted by Crippen LogP contribution is 2.37. The molecule has 1 saturated heterocycles. The molecule has 3 aromatic carbocycles. The zero-order chi connectivity index (χ0) is 25.8. The largest absolute Gasteiger partial charge is 0.508 e. The van der Waals surface area contributed by atoms with Crippen LogP contribution >= 0.6 is 0 Å². The van der Waals surface area contributed by atoms with E-state index in [0.717, 1.165) is 44.3 Å². The molecule has 1 aliphatic heterocycles. The van der Waals surface area contributed by atoms with Crippen molar-refractivity contribution in [2.75, 3.05) is 19.6 Å². The number of hydrogen-bond donors (Lipinski definition) is 1. The molecule has 4 nitrogen and oxygen atoms in total. The van der Waals surface area contributed by atoms with Crippen LogP contribution in [0.2, 0.25) is 0 Å². The first-order chi connectivity index (χ1) is 18.0. The van der Waals surface area contributed by atoms with Crippen molar-refractivity contribution in [3.63, 3.8) is 0 Å². The van der Waals surface area contributed by atoms with Crippen LogP contribution in [-0.4, -0.2) is 46.5 Å². The number of nitrogens with zero attached hydrogens (tertiary/aromatic N) is 2. The second kappa shape index (κ2) is 11.5. The summed E-state index contributed by atoms with van der Waals surface area (Å²) in [5, 5.41) is 10.4. The van der Waals surface area contributed by atoms with E-state index in [2.05, 4.69) is 41.0 Å². The van der Waals surface area contributed by atoms with Gasteiger partial charge in [-0.3, -0.25) is 9.69 Å². The molecule has 0 bridgehead atoms. The Kier molecular flexibility index (Phi) is 7.90. The van der Waals surface area contributed by atoms with Gasteiger partial charge in [0.25, 0.3) is 5.91 Å². The quantitative estimate of drug-likeness (QED) is 0.401. The fourth-order valence-corrected chi connectivity index (χ4v) is 6.32. The molecular formula is C32H37FN2O2. The van der Waals surface area contributed by atoms with Gasteiger partial charge in [0.15, 0.2) is 0 Å². The first-order valence-corrected chi connectivity index (χ1v) is 13.6. The molecule has 3 aromatic rings. The third kappa shape index (κ3) is 5.88. The molecule has 1 N–H and O–H groups in total. The van der Waals surface area contributed by atoms with E-state index in [1.54, 1.807) is 18.2 Å². The van der Waals surface area contributed by atoms with Gasteiger partial charge in [0, 0.05) is 49.3 Å². The zero-order valence-electron chi connectivity index (χ0n) is 21.7. The Hall–Kier alpha value is -3.18. The summed E-state index contributed by atoms with van der Waals surface area (Å²) in [5.41, 5.74) is 4.10. The minimum atomic E-state index is -0.323. The van der Waals surface area contributed by atoms with Crippen molar-refractivity contribution in [1.82, 2.24) is 9.80 Å². The maximum atomic E-state index is 13.8. The van der Waals surface area contributed by atoms with E-state index in [-0.39, 0.29) is 23.7 Å². The zero-order valence-corrected chi connectivity index (χ0v) is 21.7. The molecule has 1 amide bonds. The number of carbonyl (C=O) groups is 1. The number of benzene rings is 3. The SMILES string of the molecule is Cc1ccccc1[C@@H]1CN(Cc2ccccc2O)C[C@H]1CN(C(=O)c1ccc(F)cc1)C1CCCCC1. The summed E-state index contributed by atoms with van der Waals surface area (Å²) in [6, 6.07) is 22.3. The van der Waals surface area contributed by atoms with Crippen LogP contribution < -0.4 is 0 Å². The highest BCUT2D eigenvalue weighted by atomic mass is 19.1. The van der Waals surface area contributed by atoms with Crippen molar-refractivity contribution >= 4 is 5.91 Å². The standard InChI is InChI=1S/C32H37FN2O2/c1-23-9-5-7-13-29(23)30-22-34(19-25-10-6-8-14-31(25)36)20-26(30)21-35(28-11-3-2-4-12-28)32(37)24-15-17-27(33)18-16-24/h5-10,13-18,26,28,30,36H,2-4,11-12,19-22H2,1H3/t26-,30+/m0/s1. The second-order valence-electron chi connectivity index (χ2n) is 10.8. The molecule has 1 saturated carbocycles. The van der Waals surface area contributed by atoms with Gasteiger partial charge in [-0.15, -0.1) is 0 Å². The van der Waals surface area contributed by atoms with Crippen LogP contribution in [0.3, 0.4) is 0 Å². The molecule has 2 fully saturated rings. The first-order valence-electron chi connectivity index (χ1n) is 13.6. The number of phenolic OH excluding ortho intramolecular Hbond substituents is 1. The van der Waals surface area contributed by atoms with Crippen molar-refractivity contribution in [3.8, 4) is 5.75 Å². The summed E-state index contributed by atoms with van der Waals surface area (Å²) >= 11 is 0. The van der Waals surface area contributed by atoms with Crippen LogP contribution in [0.15, 0.2) is 72.8 Å². The molecule has 0 spiro atoms. The van der Waals surface area contributed by atoms with E-state index in [9.17, 15) is 14.3 Å². The third-order valence-corrected chi connectivity index (χ3v) is 8.29. The van der Waals surface area contributed by atoms with Gasteiger partial charge in [-0.25, -0.2) is 4.39 Å². The van der Waals surface area contributed by atoms with Gasteiger partial charge < -0.3 is 10.0 Å². The number of likely N-dealkylation sites (tertiary alicyclic amines) is 1. The minimum Gasteiger partial charge on any atom is -0.508 e. The number of rotatable bonds is 7. The molecule has 5 rings (SSSR count). The lowest BCUT2D eigenvalue weighted by molar-refractivity contribution is 0.0588. The number of aromatic hydroxyl groups is 1. The van der Waals surface area contributed by atoms with Crippen LogP contribution in [0.4, 0.5) is 4.39 Å². The van der Waals surface area contributed by atoms with Crippen molar-refractivity contribution in [3.05, 3.63) is 101 Å². The maximum absolute atomic E-state index is 13.8. The number of aryl methyl sites for hydroxylation is 1. The van der Waals surface area contributed by atoms with Gasteiger partial charge in [0.1, 0.15) is 11.6 Å². The molecule has 1 aliphatic carbocycles. The first kappa shape index (κ1) is 25.5. The van der Waals surface area contributed by atoms with E-state index < -0.39 is 0 Å². The Morgan fingerprint density at radius 1 is 0.946 bits per heavy atom. The van der Waals surface area contributed by atoms with E-state index in [1.165, 1.54) is 29.7 Å². The summed E-state index contributed by atoms with van der Waals surface area (Å²) in [4.78, 5) is 18.3. The average molecular weight is 501 g/mol. The lowest BCUT2D eigenvalue weighted by atomic mass is 9.85. The molecular weight excluding hydrogens is 463 g/mol. The molecule has 0 unspecified atom stereocenters. The summed E-state index contributed by atoms with van der Waals surface area (Å²) in [6.07, 6.45) is 5.55. The fourth-order valence-electron chi connectivity index (χ4n) is 6.32. The van der Waals surface area contributed by atoms with Crippen LogP contribution in [0.25, 0.3) is 0 Å². The van der Waals surface area contributed by atoms with Crippen molar-refractivity contribution in [2.45, 2.75) is 57.5 Å². The number of hydrogen-bond acceptors (Lipinski definition) is 3. The van der Waals surface area contributed by atoms with Gasteiger partial charge in [0.2, 0.25) is 0 Å². The minimum absolute atomic E-state index is 0.00888. The van der Waals surface area contributed by atoms with E-state index >= 15 is 0 Å². The number of carbonyl (C=O) groups excluding carboxylic acids is 1. The van der Waals surface area contributed by atoms with Gasteiger partial charge in [-0.2, -0.15) is 0 Å². The van der Waals surface area contributed by atoms with Crippen molar-refractivity contribution in [2.24, 2.45) is 5.92 Å². The Bertz CT molecular complexity index is 1210. The molecule has 194 valence electrons. The van der Waals surface area contributed by atoms with Crippen LogP contribution in [0.1, 0.15) is 65.1 Å². The summed E-state index contributed by atoms with van der Waals surface area (Å²) in [6.45, 7) is 5.26. The highest BCUT2D eigenvalue weighted by molar-refractivity contribution is 5.94. The Labute approximate surface area is 219 Å². The Morgan fingerprint density at radius 3 is 2.38 bits per heavy atom. The van der Waals surface area contributed by atoms with Crippen LogP contribution in [0, 0.1) is 18.7 Å². The second-order valence-corrected chi connectivity index (χ2v) is 10.8. The topological polar surface area (TPSA) is 43.8 Å². The third-order valence-electron chi connectivity index (χ3n) is 8.29. The van der Waals surface area contributed by atoms with Crippen molar-refractivity contribution in [1.29, 1.82) is 0 Å². The number of halogens is 1. The predicted molar refractivity (Wildman–Crippen MR) is 145 cm³/mol. The average Bonchev–Trinajstić information content (AvgIpc) is 3.31. The van der Waals surface area contributed by atoms with E-state index in [1.807, 2.05) is 18.2 Å². The fraction of sp³-hybridized carbons (Fsp3) is 0.406. The summed E-state index contributed by atoms with van der Waals surface area (Å²) < 4.78 is 13.6. The predicted octanol–water partition coefficient (Wildman–Crippen LogP) is 6.53. The van der Waals surface area contributed by atoms with E-state index in [4.69, 9.17) is 0 Å². The number of phenols is 1. The summed E-state index contributed by atoms with van der Waals surface area (Å²) in [5.74, 6) is 0.566. The normalized spacial score (nSPS) is 20.7. The lowest BCUT2D eigenvalue weighted by Gasteiger charge is -2.37. The summed E-state index contributed by atoms with van der Waals surface area (Å²) in [7, 11) is 0. The molecule has 37 heavy (non-hydrogen) atoms. The van der Waals surface area contributed by atoms with Gasteiger partial charge in [-0.05, 0) is 67.1 Å². The van der Waals surface area contributed by atoms with Gasteiger partial charge >= 0.3 is 0 Å². The molecule has 2 aliphatic rings. The molecule has 5 heteroatoms.